The molecule has 0 aliphatic rings. The monoisotopic (exact) mass is 342 g/mol. The first-order chi connectivity index (χ1) is 11.8. The Hall–Kier alpha value is -2.82. The van der Waals surface area contributed by atoms with Crippen molar-refractivity contribution in [3.05, 3.63) is 54.1 Å². The summed E-state index contributed by atoms with van der Waals surface area (Å²) in [5.74, 6) is -0.511. The highest BCUT2D eigenvalue weighted by atomic mass is 16.6. The normalized spacial score (nSPS) is 11.0. The van der Waals surface area contributed by atoms with Gasteiger partial charge in [-0.1, -0.05) is 24.8 Å². The van der Waals surface area contributed by atoms with E-state index in [0.717, 1.165) is 5.39 Å². The summed E-state index contributed by atoms with van der Waals surface area (Å²) >= 11 is 0. The number of hydrogen-bond donors (Lipinski definition) is 0. The van der Waals surface area contributed by atoms with Gasteiger partial charge in [0.05, 0.1) is 12.7 Å². The van der Waals surface area contributed by atoms with Crippen LogP contribution in [-0.4, -0.2) is 31.3 Å². The molecule has 5 nitrogen and oxygen atoms in total. The van der Waals surface area contributed by atoms with E-state index >= 15 is 0 Å². The Morgan fingerprint density at radius 3 is 2.44 bits per heavy atom. The third-order valence-electron chi connectivity index (χ3n) is 3.36. The van der Waals surface area contributed by atoms with Crippen LogP contribution in [0.4, 0.5) is 0 Å². The molecule has 5 heteroatoms. The second-order valence-electron chi connectivity index (χ2n) is 6.47. The summed E-state index contributed by atoms with van der Waals surface area (Å²) in [5, 5.41) is 1.36. The maximum atomic E-state index is 12.7. The number of esters is 2. The van der Waals surface area contributed by atoms with Crippen molar-refractivity contribution in [3.8, 4) is 5.75 Å². The fourth-order valence-electron chi connectivity index (χ4n) is 2.36. The lowest BCUT2D eigenvalue weighted by Crippen LogP contribution is -2.24. The molecule has 132 valence electrons. The predicted molar refractivity (Wildman–Crippen MR) is 96.1 cm³/mol. The zero-order valence-corrected chi connectivity index (χ0v) is 14.9. The van der Waals surface area contributed by atoms with Crippen LogP contribution in [-0.2, 0) is 9.47 Å². The summed E-state index contributed by atoms with van der Waals surface area (Å²) < 4.78 is 15.9. The second-order valence-corrected chi connectivity index (χ2v) is 6.47. The number of methoxy groups -OCH3 is 1. The van der Waals surface area contributed by atoms with Crippen LogP contribution in [0.25, 0.3) is 10.8 Å². The van der Waals surface area contributed by atoms with E-state index in [9.17, 15) is 9.59 Å². The van der Waals surface area contributed by atoms with Crippen LogP contribution in [0.15, 0.2) is 43.0 Å². The van der Waals surface area contributed by atoms with Gasteiger partial charge in [-0.2, -0.15) is 0 Å². The van der Waals surface area contributed by atoms with Crippen molar-refractivity contribution in [2.24, 2.45) is 0 Å². The van der Waals surface area contributed by atoms with Gasteiger partial charge in [0.1, 0.15) is 23.5 Å². The molecule has 0 fully saturated rings. The molecular formula is C20H22O5. The lowest BCUT2D eigenvalue weighted by molar-refractivity contribution is 0.00684. The first kappa shape index (κ1) is 18.5. The van der Waals surface area contributed by atoms with Crippen LogP contribution < -0.4 is 4.74 Å². The average Bonchev–Trinajstić information content (AvgIpc) is 2.56. The van der Waals surface area contributed by atoms with Gasteiger partial charge in [0.2, 0.25) is 0 Å². The maximum Gasteiger partial charge on any atom is 0.343 e. The molecule has 0 amide bonds. The zero-order chi connectivity index (χ0) is 18.6. The topological polar surface area (TPSA) is 61.8 Å². The van der Waals surface area contributed by atoms with Gasteiger partial charge < -0.3 is 14.2 Å². The number of ether oxygens (including phenoxy) is 3. The standard InChI is InChI=1S/C20H22O5/c1-6-11-24-16-10-8-13-12-14(18(21)23-5)7-9-15(13)17(16)19(22)25-20(2,3)4/h6-10,12H,1,11H2,2-5H3. The molecule has 0 N–H and O–H groups in total. The average molecular weight is 342 g/mol. The Balaban J connectivity index is 2.60. The molecule has 0 unspecified atom stereocenters. The van der Waals surface area contributed by atoms with E-state index in [0.29, 0.717) is 22.3 Å². The molecule has 2 rings (SSSR count). The smallest absolute Gasteiger partial charge is 0.343 e. The highest BCUT2D eigenvalue weighted by Crippen LogP contribution is 2.31. The molecule has 2 aromatic carbocycles. The fourth-order valence-corrected chi connectivity index (χ4v) is 2.36. The molecular weight excluding hydrogens is 320 g/mol. The summed E-state index contributed by atoms with van der Waals surface area (Å²) in [6.07, 6.45) is 1.60. The molecule has 0 bridgehead atoms. The van der Waals surface area contributed by atoms with Crippen molar-refractivity contribution < 1.29 is 23.8 Å². The number of hydrogen-bond acceptors (Lipinski definition) is 5. The third kappa shape index (κ3) is 4.38. The highest BCUT2D eigenvalue weighted by molar-refractivity contribution is 6.08. The Labute approximate surface area is 147 Å². The summed E-state index contributed by atoms with van der Waals surface area (Å²) in [4.78, 5) is 24.4. The first-order valence-corrected chi connectivity index (χ1v) is 7.89. The van der Waals surface area contributed by atoms with E-state index in [4.69, 9.17) is 14.2 Å². The third-order valence-corrected chi connectivity index (χ3v) is 3.36. The van der Waals surface area contributed by atoms with Crippen molar-refractivity contribution in [2.45, 2.75) is 26.4 Å². The van der Waals surface area contributed by atoms with Gasteiger partial charge in [0, 0.05) is 5.39 Å². The SMILES string of the molecule is C=CCOc1ccc2cc(C(=O)OC)ccc2c1C(=O)OC(C)(C)C. The van der Waals surface area contributed by atoms with Crippen molar-refractivity contribution in [1.29, 1.82) is 0 Å². The Kier molecular flexibility index (Phi) is 5.47. The molecule has 0 atom stereocenters. The summed E-state index contributed by atoms with van der Waals surface area (Å²) in [7, 11) is 1.32. The van der Waals surface area contributed by atoms with Gasteiger partial charge in [0.15, 0.2) is 0 Å². The van der Waals surface area contributed by atoms with Gasteiger partial charge in [-0.05, 0) is 44.4 Å². The summed E-state index contributed by atoms with van der Waals surface area (Å²) in [6, 6.07) is 8.45. The van der Waals surface area contributed by atoms with E-state index in [1.54, 1.807) is 57.2 Å². The zero-order valence-electron chi connectivity index (χ0n) is 14.9. The van der Waals surface area contributed by atoms with E-state index in [1.165, 1.54) is 7.11 Å². The molecule has 0 aliphatic heterocycles. The highest BCUT2D eigenvalue weighted by Gasteiger charge is 2.24. The van der Waals surface area contributed by atoms with Gasteiger partial charge in [0.25, 0.3) is 0 Å². The van der Waals surface area contributed by atoms with Gasteiger partial charge in [-0.25, -0.2) is 9.59 Å². The van der Waals surface area contributed by atoms with Gasteiger partial charge >= 0.3 is 11.9 Å². The number of fused-ring (bicyclic) bond motifs is 1. The lowest BCUT2D eigenvalue weighted by Gasteiger charge is -2.21. The van der Waals surface area contributed by atoms with Crippen molar-refractivity contribution in [1.82, 2.24) is 0 Å². The van der Waals surface area contributed by atoms with Crippen molar-refractivity contribution in [3.63, 3.8) is 0 Å². The number of rotatable bonds is 5. The minimum atomic E-state index is -0.638. The lowest BCUT2D eigenvalue weighted by atomic mass is 10.0. The van der Waals surface area contributed by atoms with Gasteiger partial charge in [-0.15, -0.1) is 0 Å². The van der Waals surface area contributed by atoms with E-state index in [1.807, 2.05) is 0 Å². The van der Waals surface area contributed by atoms with Crippen LogP contribution >= 0.6 is 0 Å². The first-order valence-electron chi connectivity index (χ1n) is 7.89. The molecule has 0 radical (unpaired) electrons. The maximum absolute atomic E-state index is 12.7. The Morgan fingerprint density at radius 2 is 1.84 bits per heavy atom. The molecule has 0 saturated heterocycles. The van der Waals surface area contributed by atoms with Crippen LogP contribution in [0.3, 0.4) is 0 Å². The van der Waals surface area contributed by atoms with Crippen molar-refractivity contribution in [2.75, 3.05) is 13.7 Å². The predicted octanol–water partition coefficient (Wildman–Crippen LogP) is 4.15. The minimum Gasteiger partial charge on any atom is -0.489 e. The fraction of sp³-hybridized carbons (Fsp3) is 0.300. The molecule has 0 spiro atoms. The largest absolute Gasteiger partial charge is 0.489 e. The number of carbonyl (C=O) groups is 2. The molecule has 0 aromatic heterocycles. The van der Waals surface area contributed by atoms with E-state index < -0.39 is 17.5 Å². The van der Waals surface area contributed by atoms with Gasteiger partial charge in [-0.3, -0.25) is 0 Å². The van der Waals surface area contributed by atoms with Crippen molar-refractivity contribution >= 4 is 22.7 Å². The Morgan fingerprint density at radius 1 is 1.12 bits per heavy atom. The summed E-state index contributed by atoms with van der Waals surface area (Å²) in [6.45, 7) is 9.29. The number of benzene rings is 2. The van der Waals surface area contributed by atoms with Crippen LogP contribution in [0.1, 0.15) is 41.5 Å². The van der Waals surface area contributed by atoms with E-state index in [-0.39, 0.29) is 6.61 Å². The summed E-state index contributed by atoms with van der Waals surface area (Å²) in [5.41, 5.74) is 0.0940. The minimum absolute atomic E-state index is 0.265. The van der Waals surface area contributed by atoms with Crippen LogP contribution in [0.2, 0.25) is 0 Å². The van der Waals surface area contributed by atoms with Crippen LogP contribution in [0.5, 0.6) is 5.75 Å². The molecule has 2 aromatic rings. The molecule has 0 heterocycles. The molecule has 25 heavy (non-hydrogen) atoms. The van der Waals surface area contributed by atoms with Crippen LogP contribution in [0, 0.1) is 0 Å². The quantitative estimate of drug-likeness (QED) is 0.603. The molecule has 0 aliphatic carbocycles. The molecule has 0 saturated carbocycles. The second kappa shape index (κ2) is 7.38. The van der Waals surface area contributed by atoms with E-state index in [2.05, 4.69) is 6.58 Å². The Bertz CT molecular complexity index is 815. The number of carbonyl (C=O) groups excluding carboxylic acids is 2.